The van der Waals surface area contributed by atoms with Gasteiger partial charge in [-0.15, -0.1) is 0 Å². The molecule has 1 aliphatic heterocycles. The molecule has 1 rings (SSSR count). The van der Waals surface area contributed by atoms with Gasteiger partial charge in [0.1, 0.15) is 42.3 Å². The summed E-state index contributed by atoms with van der Waals surface area (Å²) in [6, 6.07) is -9.01. The average Bonchev–Trinajstić information content (AvgIpc) is 3.79. The lowest BCUT2D eigenvalue weighted by Crippen LogP contribution is -2.61. The van der Waals surface area contributed by atoms with Gasteiger partial charge in [-0.1, -0.05) is 47.5 Å². The number of amides is 11. The molecule has 0 radical (unpaired) electrons. The third kappa shape index (κ3) is 21.8. The molecule has 26 heteroatoms. The van der Waals surface area contributed by atoms with Crippen molar-refractivity contribution >= 4 is 70.9 Å². The van der Waals surface area contributed by atoms with Gasteiger partial charge in [0.15, 0.2) is 5.96 Å². The van der Waals surface area contributed by atoms with Gasteiger partial charge in [-0.2, -0.15) is 0 Å². The fourth-order valence-electron chi connectivity index (χ4n) is 7.26. The molecule has 0 aromatic heterocycles. The first-order valence-corrected chi connectivity index (χ1v) is 23.7. The number of aliphatic hydroxyl groups is 1. The van der Waals surface area contributed by atoms with E-state index < -0.39 is 127 Å². The van der Waals surface area contributed by atoms with E-state index in [0.29, 0.717) is 32.2 Å². The molecule has 396 valence electrons. The van der Waals surface area contributed by atoms with Crippen LogP contribution in [-0.2, 0) is 52.7 Å². The molecule has 1 aliphatic rings. The number of guanidine groups is 1. The largest absolute Gasteiger partial charge is 0.394 e. The number of likely N-dealkylation sites (N-methyl/N-ethyl adjacent to an activating group) is 2. The van der Waals surface area contributed by atoms with Crippen LogP contribution >= 0.6 is 0 Å². The van der Waals surface area contributed by atoms with E-state index in [1.54, 1.807) is 41.5 Å². The number of hydrogen-bond acceptors (Lipinski definition) is 13. The van der Waals surface area contributed by atoms with Crippen LogP contribution in [0.15, 0.2) is 4.99 Å². The fraction of sp³-hybridized carbons (Fsp3) is 0.727. The highest BCUT2D eigenvalue weighted by Gasteiger charge is 2.39. The molecular weight excluding hydrogens is 917 g/mol. The quantitative estimate of drug-likeness (QED) is 0.0177. The van der Waals surface area contributed by atoms with Crippen LogP contribution in [0, 0.1) is 11.8 Å². The molecule has 0 unspecified atom stereocenters. The number of aliphatic hydroxyl groups excluding tert-OH is 1. The number of rotatable bonds is 31. The standard InChI is InChI=1S/C44H78N14O12/c1-9-14-27(37(64)56-36(25(6)10-2)42(69)53-28(15-12-17-49-44(46)47)43(70)58-18-13-16-32(58)41(68)48-11-3)52-40(67)31(23-59)55-38(65)29(19-24(4)5)54-39(66)30(20-33(45)61)51-34(62)21-50-35(63)22-57(8)26(7)60/h24-25,27-32,36,59H,9-23H2,1-8H3,(H2,45,61)(H,48,68)(H,50,63)(H,51,62)(H,52,67)(H,53,69)(H,54,66)(H,55,65)(H,56,64)(H4,46,47,49)/t25-,27-,28-,29+,30-,31-,32-,36-/m0/s1. The van der Waals surface area contributed by atoms with Gasteiger partial charge in [-0.3, -0.25) is 57.7 Å². The van der Waals surface area contributed by atoms with Crippen molar-refractivity contribution in [3.05, 3.63) is 0 Å². The molecule has 70 heavy (non-hydrogen) atoms. The number of carbonyl (C=O) groups excluding carboxylic acids is 11. The summed E-state index contributed by atoms with van der Waals surface area (Å²) in [6.07, 6.45) is 1.48. The van der Waals surface area contributed by atoms with Crippen molar-refractivity contribution in [2.45, 2.75) is 149 Å². The average molecular weight is 995 g/mol. The Bertz CT molecular complexity index is 1860. The van der Waals surface area contributed by atoms with Gasteiger partial charge in [0.25, 0.3) is 0 Å². The third-order valence-corrected chi connectivity index (χ3v) is 11.3. The van der Waals surface area contributed by atoms with Crippen LogP contribution in [0.1, 0.15) is 106 Å². The predicted molar refractivity (Wildman–Crippen MR) is 256 cm³/mol. The predicted octanol–water partition coefficient (Wildman–Crippen LogP) is -4.57. The van der Waals surface area contributed by atoms with Crippen LogP contribution in [0.4, 0.5) is 0 Å². The van der Waals surface area contributed by atoms with Crippen molar-refractivity contribution in [1.29, 1.82) is 0 Å². The van der Waals surface area contributed by atoms with E-state index in [-0.39, 0.29) is 63.1 Å². The van der Waals surface area contributed by atoms with Crippen LogP contribution in [0.25, 0.3) is 0 Å². The van der Waals surface area contributed by atoms with Crippen molar-refractivity contribution in [3.63, 3.8) is 0 Å². The number of carbonyl (C=O) groups is 11. The number of aliphatic imine (C=N–C) groups is 1. The zero-order valence-corrected chi connectivity index (χ0v) is 41.8. The zero-order chi connectivity index (χ0) is 53.2. The van der Waals surface area contributed by atoms with Crippen LogP contribution in [0.5, 0.6) is 0 Å². The maximum absolute atomic E-state index is 14.1. The van der Waals surface area contributed by atoms with Gasteiger partial charge < -0.3 is 74.6 Å². The second-order valence-corrected chi connectivity index (χ2v) is 17.7. The van der Waals surface area contributed by atoms with Crippen molar-refractivity contribution in [1.82, 2.24) is 52.3 Å². The topological polar surface area (TPSA) is 401 Å². The summed E-state index contributed by atoms with van der Waals surface area (Å²) in [4.78, 5) is 150. The Morgan fingerprint density at radius 3 is 1.87 bits per heavy atom. The first-order chi connectivity index (χ1) is 32.9. The van der Waals surface area contributed by atoms with E-state index in [0.717, 1.165) is 4.90 Å². The molecule has 0 aromatic carbocycles. The highest BCUT2D eigenvalue weighted by Crippen LogP contribution is 2.20. The van der Waals surface area contributed by atoms with Gasteiger partial charge in [0.2, 0.25) is 65.0 Å². The second kappa shape index (κ2) is 31.5. The van der Waals surface area contributed by atoms with Gasteiger partial charge >= 0.3 is 0 Å². The minimum absolute atomic E-state index is 0.0240. The Morgan fingerprint density at radius 1 is 0.729 bits per heavy atom. The van der Waals surface area contributed by atoms with Crippen LogP contribution in [-0.4, -0.2) is 175 Å². The highest BCUT2D eigenvalue weighted by atomic mass is 16.3. The van der Waals surface area contributed by atoms with E-state index in [9.17, 15) is 57.8 Å². The SMILES string of the molecule is CCC[C@H](NC(=O)[C@H](CO)NC(=O)[C@@H](CC(C)C)NC(=O)[C@H](CC(N)=O)NC(=O)CNC(=O)CN(C)C(C)=O)C(=O)N[C@H](C(=O)N[C@@H](CCCN=C(N)N)C(=O)N1CCC[C@H]1C(=O)NCC)[C@@H](C)CC. The molecule has 0 bridgehead atoms. The Kier molecular flexibility index (Phi) is 27.6. The molecule has 0 aliphatic carbocycles. The molecule has 1 fully saturated rings. The monoisotopic (exact) mass is 995 g/mol. The molecule has 26 nitrogen and oxygen atoms in total. The van der Waals surface area contributed by atoms with Crippen molar-refractivity contribution < 1.29 is 57.8 Å². The van der Waals surface area contributed by atoms with Crippen LogP contribution in [0.3, 0.4) is 0 Å². The minimum Gasteiger partial charge on any atom is -0.394 e. The Balaban J connectivity index is 3.26. The van der Waals surface area contributed by atoms with Crippen molar-refractivity contribution in [2.75, 3.05) is 46.4 Å². The van der Waals surface area contributed by atoms with Crippen molar-refractivity contribution in [3.8, 4) is 0 Å². The Hall–Kier alpha value is -6.60. The Morgan fingerprint density at radius 2 is 1.31 bits per heavy atom. The number of nitrogens with zero attached hydrogens (tertiary/aromatic N) is 3. The maximum Gasteiger partial charge on any atom is 0.245 e. The smallest absolute Gasteiger partial charge is 0.245 e. The summed E-state index contributed by atoms with van der Waals surface area (Å²) in [6.45, 7) is 10.6. The molecule has 15 N–H and O–H groups in total. The lowest BCUT2D eigenvalue weighted by molar-refractivity contribution is -0.142. The van der Waals surface area contributed by atoms with Gasteiger partial charge in [-0.05, 0) is 57.3 Å². The number of hydrogen-bond donors (Lipinski definition) is 12. The first kappa shape index (κ1) is 61.4. The molecule has 8 atom stereocenters. The molecule has 11 amide bonds. The Labute approximate surface area is 409 Å². The summed E-state index contributed by atoms with van der Waals surface area (Å²) in [5.41, 5.74) is 16.3. The van der Waals surface area contributed by atoms with E-state index >= 15 is 0 Å². The van der Waals surface area contributed by atoms with Gasteiger partial charge in [-0.25, -0.2) is 0 Å². The molecule has 0 saturated carbocycles. The lowest BCUT2D eigenvalue weighted by Gasteiger charge is -2.31. The molecule has 0 spiro atoms. The number of nitrogens with two attached hydrogens (primary N) is 3. The first-order valence-electron chi connectivity index (χ1n) is 23.7. The second-order valence-electron chi connectivity index (χ2n) is 17.7. The summed E-state index contributed by atoms with van der Waals surface area (Å²) in [7, 11) is 1.37. The van der Waals surface area contributed by atoms with Gasteiger partial charge in [0.05, 0.1) is 26.1 Å². The van der Waals surface area contributed by atoms with E-state index in [4.69, 9.17) is 17.2 Å². The van der Waals surface area contributed by atoms with Gasteiger partial charge in [0, 0.05) is 33.6 Å². The molecular formula is C44H78N14O12. The summed E-state index contributed by atoms with van der Waals surface area (Å²) < 4.78 is 0. The van der Waals surface area contributed by atoms with Crippen LogP contribution in [0.2, 0.25) is 0 Å². The minimum atomic E-state index is -1.66. The summed E-state index contributed by atoms with van der Waals surface area (Å²) in [5, 5.41) is 30.5. The normalized spacial score (nSPS) is 16.1. The lowest BCUT2D eigenvalue weighted by atomic mass is 9.96. The number of primary amides is 1. The molecule has 1 heterocycles. The molecule has 1 saturated heterocycles. The van der Waals surface area contributed by atoms with Crippen molar-refractivity contribution in [2.24, 2.45) is 34.0 Å². The summed E-state index contributed by atoms with van der Waals surface area (Å²) in [5.74, 6) is -9.09. The van der Waals surface area contributed by atoms with E-state index in [2.05, 4.69) is 47.5 Å². The van der Waals surface area contributed by atoms with E-state index in [1.807, 2.05) is 0 Å². The molecule has 0 aromatic rings. The fourth-order valence-corrected chi connectivity index (χ4v) is 7.26. The third-order valence-electron chi connectivity index (χ3n) is 11.3. The van der Waals surface area contributed by atoms with E-state index in [1.165, 1.54) is 18.9 Å². The number of nitrogens with one attached hydrogen (secondary N) is 8. The zero-order valence-electron chi connectivity index (χ0n) is 41.8. The summed E-state index contributed by atoms with van der Waals surface area (Å²) >= 11 is 0. The maximum atomic E-state index is 14.1. The number of likely N-dealkylation sites (tertiary alicyclic amines) is 1. The highest BCUT2D eigenvalue weighted by molar-refractivity contribution is 5.99. The van der Waals surface area contributed by atoms with Crippen LogP contribution < -0.4 is 59.7 Å².